The second-order valence-electron chi connectivity index (χ2n) is 7.25. The molecule has 1 aromatic carbocycles. The number of rotatable bonds is 4. The molecule has 134 valence electrons. The van der Waals surface area contributed by atoms with Crippen LogP contribution < -0.4 is 4.74 Å². The van der Waals surface area contributed by atoms with Crippen LogP contribution >= 0.6 is 0 Å². The zero-order valence-corrected chi connectivity index (χ0v) is 14.9. The molecule has 0 unspecified atom stereocenters. The van der Waals surface area contributed by atoms with Crippen molar-refractivity contribution in [3.8, 4) is 5.75 Å². The lowest BCUT2D eigenvalue weighted by Crippen LogP contribution is -2.47. The summed E-state index contributed by atoms with van der Waals surface area (Å²) in [5, 5.41) is 1.22. The summed E-state index contributed by atoms with van der Waals surface area (Å²) in [5.41, 5.74) is 2.11. The highest BCUT2D eigenvalue weighted by molar-refractivity contribution is 5.81. The third kappa shape index (κ3) is 3.18. The van der Waals surface area contributed by atoms with Gasteiger partial charge in [0.15, 0.2) is 0 Å². The largest absolute Gasteiger partial charge is 0.497 e. The maximum absolute atomic E-state index is 11.6. The summed E-state index contributed by atoms with van der Waals surface area (Å²) < 4.78 is 10.9. The third-order valence-corrected chi connectivity index (χ3v) is 5.49. The van der Waals surface area contributed by atoms with Crippen LogP contribution in [0, 0.1) is 0 Å². The van der Waals surface area contributed by atoms with Crippen LogP contribution in [0.4, 0.5) is 4.79 Å². The van der Waals surface area contributed by atoms with Crippen molar-refractivity contribution < 1.29 is 14.3 Å². The zero-order valence-electron chi connectivity index (χ0n) is 14.9. The van der Waals surface area contributed by atoms with Gasteiger partial charge in [0, 0.05) is 63.2 Å². The predicted octanol–water partition coefficient (Wildman–Crippen LogP) is 2.64. The molecule has 2 fully saturated rings. The van der Waals surface area contributed by atoms with Crippen molar-refractivity contribution in [2.45, 2.75) is 24.9 Å². The van der Waals surface area contributed by atoms with Crippen LogP contribution in [0.2, 0.25) is 0 Å². The summed E-state index contributed by atoms with van der Waals surface area (Å²) in [4.78, 5) is 19.3. The second kappa shape index (κ2) is 6.26. The minimum absolute atomic E-state index is 0.179. The lowest BCUT2D eigenvalue weighted by Gasteiger charge is -2.37. The standard InChI is InChI=1S/C19H25N3O3/c1-21-13-19(25-18(21)23)6-9-22(10-7-19)8-5-15-11-14-3-4-16(24-2)12-17(14)20-15/h3-4,11-12,20H,5-10,13H2,1-2H3. The molecule has 2 saturated heterocycles. The second-order valence-corrected chi connectivity index (χ2v) is 7.25. The zero-order chi connectivity index (χ0) is 17.4. The summed E-state index contributed by atoms with van der Waals surface area (Å²) >= 11 is 0. The molecule has 0 aliphatic carbocycles. The smallest absolute Gasteiger partial charge is 0.410 e. The van der Waals surface area contributed by atoms with Crippen molar-refractivity contribution in [1.29, 1.82) is 0 Å². The SMILES string of the molecule is COc1ccc2cc(CCN3CCC4(CC3)CN(C)C(=O)O4)[nH]c2c1. The first-order valence-electron chi connectivity index (χ1n) is 8.89. The number of hydrogen-bond acceptors (Lipinski definition) is 4. The monoisotopic (exact) mass is 343 g/mol. The van der Waals surface area contributed by atoms with Crippen LogP contribution in [-0.4, -0.2) is 66.8 Å². The van der Waals surface area contributed by atoms with Gasteiger partial charge >= 0.3 is 6.09 Å². The van der Waals surface area contributed by atoms with E-state index in [-0.39, 0.29) is 11.7 Å². The number of hydrogen-bond donors (Lipinski definition) is 1. The van der Waals surface area contributed by atoms with Crippen molar-refractivity contribution >= 4 is 17.0 Å². The van der Waals surface area contributed by atoms with Crippen LogP contribution in [0.25, 0.3) is 10.9 Å². The normalized spacial score (nSPS) is 20.4. The highest BCUT2D eigenvalue weighted by Crippen LogP contribution is 2.32. The molecule has 0 atom stereocenters. The summed E-state index contributed by atoms with van der Waals surface area (Å²) in [5.74, 6) is 0.873. The number of nitrogens with one attached hydrogen (secondary N) is 1. The minimum atomic E-state index is -0.250. The highest BCUT2D eigenvalue weighted by atomic mass is 16.6. The number of aromatic nitrogens is 1. The average Bonchev–Trinajstić information content (AvgIpc) is 3.14. The topological polar surface area (TPSA) is 57.8 Å². The molecule has 6 heteroatoms. The molecule has 3 heterocycles. The molecule has 6 nitrogen and oxygen atoms in total. The van der Waals surface area contributed by atoms with Gasteiger partial charge in [0.1, 0.15) is 11.4 Å². The van der Waals surface area contributed by atoms with Crippen molar-refractivity contribution in [3.63, 3.8) is 0 Å². The number of H-pyrrole nitrogens is 1. The van der Waals surface area contributed by atoms with E-state index >= 15 is 0 Å². The van der Waals surface area contributed by atoms with E-state index < -0.39 is 0 Å². The van der Waals surface area contributed by atoms with Gasteiger partial charge in [-0.05, 0) is 23.6 Å². The molecule has 1 aromatic heterocycles. The van der Waals surface area contributed by atoms with Crippen LogP contribution in [0.5, 0.6) is 5.75 Å². The molecule has 25 heavy (non-hydrogen) atoms. The number of piperidine rings is 1. The fourth-order valence-corrected chi connectivity index (χ4v) is 3.94. The van der Waals surface area contributed by atoms with E-state index in [1.165, 1.54) is 11.1 Å². The Morgan fingerprint density at radius 2 is 2.08 bits per heavy atom. The van der Waals surface area contributed by atoms with E-state index in [2.05, 4.69) is 22.0 Å². The van der Waals surface area contributed by atoms with E-state index in [1.54, 1.807) is 12.0 Å². The lowest BCUT2D eigenvalue weighted by molar-refractivity contribution is 0.00103. The van der Waals surface area contributed by atoms with Crippen LogP contribution in [0.15, 0.2) is 24.3 Å². The Hall–Kier alpha value is -2.21. The van der Waals surface area contributed by atoms with Crippen LogP contribution in [0.1, 0.15) is 18.5 Å². The quantitative estimate of drug-likeness (QED) is 0.927. The van der Waals surface area contributed by atoms with Crippen molar-refractivity contribution in [2.24, 2.45) is 0 Å². The first-order chi connectivity index (χ1) is 12.1. The number of benzene rings is 1. The molecular weight excluding hydrogens is 318 g/mol. The van der Waals surface area contributed by atoms with E-state index in [9.17, 15) is 4.79 Å². The van der Waals surface area contributed by atoms with Gasteiger partial charge in [-0.1, -0.05) is 0 Å². The summed E-state index contributed by atoms with van der Waals surface area (Å²) in [7, 11) is 3.50. The van der Waals surface area contributed by atoms with Gasteiger partial charge < -0.3 is 24.3 Å². The minimum Gasteiger partial charge on any atom is -0.497 e. The molecule has 2 aliphatic rings. The number of aromatic amines is 1. The Morgan fingerprint density at radius 1 is 1.28 bits per heavy atom. The molecule has 2 aromatic rings. The number of likely N-dealkylation sites (tertiary alicyclic amines) is 1. The number of carbonyl (C=O) groups is 1. The number of likely N-dealkylation sites (N-methyl/N-ethyl adjacent to an activating group) is 1. The Bertz CT molecular complexity index is 777. The van der Waals surface area contributed by atoms with Crippen LogP contribution in [0.3, 0.4) is 0 Å². The number of nitrogens with zero attached hydrogens (tertiary/aromatic N) is 2. The van der Waals surface area contributed by atoms with Crippen LogP contribution in [-0.2, 0) is 11.2 Å². The van der Waals surface area contributed by atoms with Crippen molar-refractivity contribution in [1.82, 2.24) is 14.8 Å². The molecule has 1 spiro atoms. The maximum atomic E-state index is 11.6. The fraction of sp³-hybridized carbons (Fsp3) is 0.526. The summed E-state index contributed by atoms with van der Waals surface area (Å²) in [6.45, 7) is 3.71. The first-order valence-corrected chi connectivity index (χ1v) is 8.89. The van der Waals surface area contributed by atoms with Gasteiger partial charge in [0.2, 0.25) is 0 Å². The Morgan fingerprint density at radius 3 is 2.76 bits per heavy atom. The van der Waals surface area contributed by atoms with Gasteiger partial charge in [-0.25, -0.2) is 4.79 Å². The summed E-state index contributed by atoms with van der Waals surface area (Å²) in [6, 6.07) is 8.33. The summed E-state index contributed by atoms with van der Waals surface area (Å²) in [6.07, 6.45) is 2.66. The molecule has 0 saturated carbocycles. The van der Waals surface area contributed by atoms with E-state index in [0.29, 0.717) is 0 Å². The van der Waals surface area contributed by atoms with Gasteiger partial charge in [0.25, 0.3) is 0 Å². The molecule has 4 rings (SSSR count). The van der Waals surface area contributed by atoms with Gasteiger partial charge in [-0.2, -0.15) is 0 Å². The van der Waals surface area contributed by atoms with Crippen molar-refractivity contribution in [3.05, 3.63) is 30.0 Å². The van der Waals surface area contributed by atoms with E-state index in [1.807, 2.05) is 19.2 Å². The number of amides is 1. The molecular formula is C19H25N3O3. The highest BCUT2D eigenvalue weighted by Gasteiger charge is 2.45. The first kappa shape index (κ1) is 16.3. The maximum Gasteiger partial charge on any atom is 0.410 e. The fourth-order valence-electron chi connectivity index (χ4n) is 3.94. The lowest BCUT2D eigenvalue weighted by atomic mass is 9.91. The Kier molecular flexibility index (Phi) is 4.07. The molecule has 0 bridgehead atoms. The molecule has 2 aliphatic heterocycles. The average molecular weight is 343 g/mol. The van der Waals surface area contributed by atoms with Gasteiger partial charge in [0.05, 0.1) is 13.7 Å². The Balaban J connectivity index is 1.33. The van der Waals surface area contributed by atoms with E-state index in [4.69, 9.17) is 9.47 Å². The van der Waals surface area contributed by atoms with Crippen molar-refractivity contribution in [2.75, 3.05) is 40.3 Å². The van der Waals surface area contributed by atoms with E-state index in [0.717, 1.165) is 56.7 Å². The molecule has 1 N–H and O–H groups in total. The predicted molar refractivity (Wildman–Crippen MR) is 96.1 cm³/mol. The number of methoxy groups -OCH3 is 1. The molecule has 0 radical (unpaired) electrons. The van der Waals surface area contributed by atoms with Gasteiger partial charge in [-0.15, -0.1) is 0 Å². The molecule has 1 amide bonds. The number of carbonyl (C=O) groups excluding carboxylic acids is 1. The Labute approximate surface area is 147 Å². The number of ether oxygens (including phenoxy) is 2. The van der Waals surface area contributed by atoms with Gasteiger partial charge in [-0.3, -0.25) is 0 Å². The number of fused-ring (bicyclic) bond motifs is 1. The third-order valence-electron chi connectivity index (χ3n) is 5.49.